The summed E-state index contributed by atoms with van der Waals surface area (Å²) in [4.78, 5) is 8.66. The molecule has 0 saturated carbocycles. The van der Waals surface area contributed by atoms with E-state index in [1.165, 1.54) is 28.1 Å². The maximum absolute atomic E-state index is 7.41. The first-order valence-corrected chi connectivity index (χ1v) is 11.5. The maximum atomic E-state index is 7.41. The van der Waals surface area contributed by atoms with Crippen LogP contribution in [0.5, 0.6) is 0 Å². The second-order valence-electron chi connectivity index (χ2n) is 8.42. The number of allylic oxidation sites excluding steroid dienone is 3. The van der Waals surface area contributed by atoms with E-state index in [-0.39, 0.29) is 5.41 Å². The first-order valence-electron chi connectivity index (χ1n) is 11.5. The van der Waals surface area contributed by atoms with Crippen LogP contribution in [-0.2, 0) is 18.3 Å². The lowest BCUT2D eigenvalue weighted by Crippen LogP contribution is -2.27. The van der Waals surface area contributed by atoms with Crippen LogP contribution in [0.1, 0.15) is 88.5 Å². The van der Waals surface area contributed by atoms with E-state index in [2.05, 4.69) is 75.4 Å². The lowest BCUT2D eigenvalue weighted by Gasteiger charge is -2.33. The van der Waals surface area contributed by atoms with Crippen LogP contribution in [0.25, 0.3) is 16.1 Å². The van der Waals surface area contributed by atoms with Crippen molar-refractivity contribution in [3.05, 3.63) is 75.8 Å². The van der Waals surface area contributed by atoms with Gasteiger partial charge in [0.1, 0.15) is 5.82 Å². The van der Waals surface area contributed by atoms with Crippen molar-refractivity contribution in [2.45, 2.75) is 85.5 Å². The van der Waals surface area contributed by atoms with Crippen molar-refractivity contribution in [2.24, 2.45) is 0 Å². The van der Waals surface area contributed by atoms with Gasteiger partial charge in [0, 0.05) is 23.7 Å². The van der Waals surface area contributed by atoms with Crippen molar-refractivity contribution in [1.29, 1.82) is 0 Å². The van der Waals surface area contributed by atoms with Gasteiger partial charge in [-0.2, -0.15) is 0 Å². The molecule has 0 amide bonds. The molecule has 2 aromatic rings. The smallest absolute Gasteiger partial charge is 0.169 e. The van der Waals surface area contributed by atoms with Gasteiger partial charge in [0.25, 0.3) is 0 Å². The molecule has 0 fully saturated rings. The van der Waals surface area contributed by atoms with Crippen molar-refractivity contribution in [3.8, 4) is 5.69 Å². The zero-order chi connectivity index (χ0) is 21.9. The number of benzene rings is 1. The molecule has 1 aliphatic rings. The van der Waals surface area contributed by atoms with Crippen LogP contribution < -0.4 is 0 Å². The van der Waals surface area contributed by atoms with Crippen LogP contribution in [0.4, 0.5) is 0 Å². The highest BCUT2D eigenvalue weighted by Crippen LogP contribution is 2.41. The van der Waals surface area contributed by atoms with Gasteiger partial charge in [-0.25, -0.2) is 9.83 Å². The highest BCUT2D eigenvalue weighted by molar-refractivity contribution is 5.71. The van der Waals surface area contributed by atoms with Gasteiger partial charge in [-0.15, -0.1) is 0 Å². The SMILES string of the molecule is [C-]#[N+]C1=CC=C(c2ncc(C(CC)(CC)CC)n2-c2c(CC)cc(C)cc2CC)C1. The van der Waals surface area contributed by atoms with E-state index in [1.807, 2.05) is 6.08 Å². The highest BCUT2D eigenvalue weighted by Gasteiger charge is 2.33. The van der Waals surface area contributed by atoms with Crippen molar-refractivity contribution in [1.82, 2.24) is 9.55 Å². The molecule has 1 heterocycles. The first kappa shape index (κ1) is 22.1. The Labute approximate surface area is 182 Å². The second-order valence-corrected chi connectivity index (χ2v) is 8.42. The predicted molar refractivity (Wildman–Crippen MR) is 127 cm³/mol. The molecular formula is C27H35N3. The molecule has 0 atom stereocenters. The normalized spacial score (nSPS) is 13.9. The predicted octanol–water partition coefficient (Wildman–Crippen LogP) is 7.36. The van der Waals surface area contributed by atoms with Gasteiger partial charge in [-0.1, -0.05) is 64.5 Å². The van der Waals surface area contributed by atoms with E-state index in [9.17, 15) is 0 Å². The molecule has 0 N–H and O–H groups in total. The third-order valence-corrected chi connectivity index (χ3v) is 7.01. The molecule has 0 saturated heterocycles. The maximum Gasteiger partial charge on any atom is 0.169 e. The summed E-state index contributed by atoms with van der Waals surface area (Å²) in [6, 6.07) is 4.67. The lowest BCUT2D eigenvalue weighted by atomic mass is 9.77. The van der Waals surface area contributed by atoms with Crippen molar-refractivity contribution in [2.75, 3.05) is 0 Å². The summed E-state index contributed by atoms with van der Waals surface area (Å²) >= 11 is 0. The fraction of sp³-hybridized carbons (Fsp3) is 0.481. The van der Waals surface area contributed by atoms with Gasteiger partial charge < -0.3 is 0 Å². The zero-order valence-corrected chi connectivity index (χ0v) is 19.5. The van der Waals surface area contributed by atoms with Crippen molar-refractivity contribution >= 4 is 5.57 Å². The Morgan fingerprint density at radius 3 is 2.07 bits per heavy atom. The van der Waals surface area contributed by atoms with Crippen LogP contribution in [0.3, 0.4) is 0 Å². The standard InChI is InChI=1S/C27H35N3/c1-8-20-15-19(6)16-21(9-2)25(20)30-24(27(10-3,11-4)12-5)18-29-26(30)22-13-14-23(17-22)28-7/h13-16,18H,8-12,17H2,1-6H3. The topological polar surface area (TPSA) is 22.2 Å². The van der Waals surface area contributed by atoms with Crippen LogP contribution in [0.2, 0.25) is 0 Å². The van der Waals surface area contributed by atoms with E-state index in [0.29, 0.717) is 6.42 Å². The van der Waals surface area contributed by atoms with Gasteiger partial charge in [0.2, 0.25) is 0 Å². The average Bonchev–Trinajstić information content (AvgIpc) is 3.42. The van der Waals surface area contributed by atoms with E-state index in [1.54, 1.807) is 0 Å². The van der Waals surface area contributed by atoms with Gasteiger partial charge >= 0.3 is 0 Å². The molecule has 0 spiro atoms. The lowest BCUT2D eigenvalue weighted by molar-refractivity contribution is 0.365. The number of hydrogen-bond acceptors (Lipinski definition) is 1. The number of aryl methyl sites for hydroxylation is 3. The monoisotopic (exact) mass is 401 g/mol. The van der Waals surface area contributed by atoms with Crippen LogP contribution in [0, 0.1) is 13.5 Å². The van der Waals surface area contributed by atoms with Crippen LogP contribution in [0.15, 0.2) is 36.2 Å². The zero-order valence-electron chi connectivity index (χ0n) is 19.5. The molecular weight excluding hydrogens is 366 g/mol. The molecule has 0 bridgehead atoms. The summed E-state index contributed by atoms with van der Waals surface area (Å²) in [6.45, 7) is 21.0. The molecule has 0 unspecified atom stereocenters. The molecule has 3 rings (SSSR count). The number of aromatic nitrogens is 2. The molecule has 1 aromatic heterocycles. The summed E-state index contributed by atoms with van der Waals surface area (Å²) < 4.78 is 2.46. The number of imidazole rings is 1. The number of nitrogens with zero attached hydrogens (tertiary/aromatic N) is 3. The molecule has 3 nitrogen and oxygen atoms in total. The minimum absolute atomic E-state index is 0.0986. The molecule has 0 radical (unpaired) electrons. The summed E-state index contributed by atoms with van der Waals surface area (Å²) in [5.74, 6) is 1.01. The highest BCUT2D eigenvalue weighted by atomic mass is 15.1. The Hall–Kier alpha value is -2.60. The Morgan fingerprint density at radius 2 is 1.60 bits per heavy atom. The molecule has 158 valence electrons. The number of hydrogen-bond donors (Lipinski definition) is 0. The summed E-state index contributed by atoms with van der Waals surface area (Å²) in [6.07, 6.45) is 12.1. The van der Waals surface area contributed by atoms with Gasteiger partial charge in [0.15, 0.2) is 5.70 Å². The average molecular weight is 402 g/mol. The van der Waals surface area contributed by atoms with E-state index in [0.717, 1.165) is 49.2 Å². The van der Waals surface area contributed by atoms with Crippen molar-refractivity contribution in [3.63, 3.8) is 0 Å². The molecule has 1 aliphatic carbocycles. The van der Waals surface area contributed by atoms with Gasteiger partial charge in [-0.3, -0.25) is 4.57 Å². The second kappa shape index (κ2) is 9.04. The summed E-state index contributed by atoms with van der Waals surface area (Å²) in [7, 11) is 0. The summed E-state index contributed by atoms with van der Waals surface area (Å²) in [5, 5.41) is 0. The Balaban J connectivity index is 2.35. The number of rotatable bonds is 8. The van der Waals surface area contributed by atoms with Crippen LogP contribution >= 0.6 is 0 Å². The minimum Gasteiger partial charge on any atom is -0.296 e. The van der Waals surface area contributed by atoms with E-state index >= 15 is 0 Å². The molecule has 3 heteroatoms. The first-order chi connectivity index (χ1) is 14.5. The molecule has 1 aromatic carbocycles. The Morgan fingerprint density at radius 1 is 1.00 bits per heavy atom. The van der Waals surface area contributed by atoms with Crippen LogP contribution in [-0.4, -0.2) is 9.55 Å². The third kappa shape index (κ3) is 3.65. The van der Waals surface area contributed by atoms with E-state index in [4.69, 9.17) is 11.6 Å². The molecule has 0 aliphatic heterocycles. The largest absolute Gasteiger partial charge is 0.296 e. The van der Waals surface area contributed by atoms with Gasteiger partial charge in [-0.05, 0) is 55.7 Å². The quantitative estimate of drug-likeness (QED) is 0.423. The Bertz CT molecular complexity index is 990. The van der Waals surface area contributed by atoms with Gasteiger partial charge in [0.05, 0.1) is 12.3 Å². The fourth-order valence-electron chi connectivity index (χ4n) is 4.97. The summed E-state index contributed by atoms with van der Waals surface area (Å²) in [5.41, 5.74) is 8.74. The fourth-order valence-corrected chi connectivity index (χ4v) is 4.97. The van der Waals surface area contributed by atoms with E-state index < -0.39 is 0 Å². The third-order valence-electron chi connectivity index (χ3n) is 7.01. The Kier molecular flexibility index (Phi) is 6.66. The minimum atomic E-state index is 0.0986. The van der Waals surface area contributed by atoms with Crippen molar-refractivity contribution < 1.29 is 0 Å². The molecule has 30 heavy (non-hydrogen) atoms.